The predicted molar refractivity (Wildman–Crippen MR) is 72.5 cm³/mol. The van der Waals surface area contributed by atoms with Crippen LogP contribution >= 0.6 is 0 Å². The summed E-state index contributed by atoms with van der Waals surface area (Å²) in [5.74, 6) is 0.558. The molecule has 18 heavy (non-hydrogen) atoms. The number of hydrogen-bond acceptors (Lipinski definition) is 4. The highest BCUT2D eigenvalue weighted by Gasteiger charge is 2.49. The second-order valence-corrected chi connectivity index (χ2v) is 6.86. The van der Waals surface area contributed by atoms with E-state index in [4.69, 9.17) is 9.84 Å². The Balaban J connectivity index is 2.35. The van der Waals surface area contributed by atoms with E-state index < -0.39 is 5.60 Å². The second kappa shape index (κ2) is 5.87. The first-order valence-electron chi connectivity index (χ1n) is 6.87. The third-order valence-corrected chi connectivity index (χ3v) is 3.88. The molecule has 0 spiro atoms. The normalized spacial score (nSPS) is 30.0. The molecule has 1 aliphatic carbocycles. The Morgan fingerprint density at radius 2 is 2.06 bits per heavy atom. The first kappa shape index (κ1) is 15.9. The zero-order valence-corrected chi connectivity index (χ0v) is 12.4. The van der Waals surface area contributed by atoms with Gasteiger partial charge in [-0.25, -0.2) is 0 Å². The number of rotatable bonds is 7. The lowest BCUT2D eigenvalue weighted by Crippen LogP contribution is -2.63. The average molecular weight is 259 g/mol. The van der Waals surface area contributed by atoms with Crippen molar-refractivity contribution in [3.8, 4) is 0 Å². The molecule has 0 aromatic carbocycles. The number of hydrogen-bond donors (Lipinski definition) is 3. The van der Waals surface area contributed by atoms with Crippen LogP contribution in [0.2, 0.25) is 0 Å². The Labute approximate surface area is 111 Å². The lowest BCUT2D eigenvalue weighted by molar-refractivity contribution is -0.127. The fourth-order valence-corrected chi connectivity index (χ4v) is 2.22. The van der Waals surface area contributed by atoms with Gasteiger partial charge in [-0.15, -0.1) is 0 Å². The van der Waals surface area contributed by atoms with Gasteiger partial charge in [-0.1, -0.05) is 27.7 Å². The summed E-state index contributed by atoms with van der Waals surface area (Å²) in [5.41, 5.74) is -0.958. The summed E-state index contributed by atoms with van der Waals surface area (Å²) in [5, 5.41) is 22.1. The van der Waals surface area contributed by atoms with Crippen LogP contribution in [-0.4, -0.2) is 47.7 Å². The third-order valence-electron chi connectivity index (χ3n) is 3.88. The van der Waals surface area contributed by atoms with Crippen LogP contribution in [0.25, 0.3) is 0 Å². The number of aliphatic hydroxyl groups excluding tert-OH is 1. The molecule has 0 saturated heterocycles. The van der Waals surface area contributed by atoms with Gasteiger partial charge in [-0.05, 0) is 19.3 Å². The second-order valence-electron chi connectivity index (χ2n) is 6.86. The highest BCUT2D eigenvalue weighted by molar-refractivity contribution is 5.03. The van der Waals surface area contributed by atoms with Crippen molar-refractivity contribution in [2.24, 2.45) is 11.3 Å². The minimum atomic E-state index is -1.04. The number of ether oxygens (including phenoxy) is 1. The van der Waals surface area contributed by atoms with Gasteiger partial charge in [0, 0.05) is 24.6 Å². The molecule has 1 saturated carbocycles. The molecule has 3 N–H and O–H groups in total. The smallest absolute Gasteiger partial charge is 0.0972 e. The van der Waals surface area contributed by atoms with Crippen LogP contribution in [-0.2, 0) is 4.74 Å². The van der Waals surface area contributed by atoms with Crippen molar-refractivity contribution in [3.05, 3.63) is 0 Å². The molecular weight excluding hydrogens is 230 g/mol. The molecule has 0 aliphatic heterocycles. The molecule has 108 valence electrons. The molecule has 0 bridgehead atoms. The van der Waals surface area contributed by atoms with Gasteiger partial charge in [0.15, 0.2) is 0 Å². The van der Waals surface area contributed by atoms with Gasteiger partial charge >= 0.3 is 0 Å². The molecule has 0 radical (unpaired) electrons. The molecule has 1 fully saturated rings. The molecule has 0 aromatic heterocycles. The highest BCUT2D eigenvalue weighted by atomic mass is 16.5. The Hall–Kier alpha value is -0.160. The van der Waals surface area contributed by atoms with Gasteiger partial charge in [-0.3, -0.25) is 0 Å². The fraction of sp³-hybridized carbons (Fsp3) is 1.00. The van der Waals surface area contributed by atoms with E-state index in [1.54, 1.807) is 6.92 Å². The van der Waals surface area contributed by atoms with Gasteiger partial charge in [0.05, 0.1) is 18.3 Å². The maximum absolute atomic E-state index is 9.76. The molecule has 1 aliphatic rings. The number of nitrogens with one attached hydrogen (secondary N) is 1. The first-order valence-corrected chi connectivity index (χ1v) is 6.87. The van der Waals surface area contributed by atoms with Crippen molar-refractivity contribution < 1.29 is 14.9 Å². The van der Waals surface area contributed by atoms with Crippen LogP contribution in [0.5, 0.6) is 0 Å². The topological polar surface area (TPSA) is 61.7 Å². The zero-order chi connectivity index (χ0) is 14.0. The van der Waals surface area contributed by atoms with E-state index in [9.17, 15) is 5.11 Å². The Morgan fingerprint density at radius 1 is 1.44 bits per heavy atom. The first-order chi connectivity index (χ1) is 8.19. The van der Waals surface area contributed by atoms with Crippen LogP contribution in [0.1, 0.15) is 41.0 Å². The van der Waals surface area contributed by atoms with Crippen molar-refractivity contribution in [3.63, 3.8) is 0 Å². The van der Waals surface area contributed by atoms with Gasteiger partial charge in [0.25, 0.3) is 0 Å². The van der Waals surface area contributed by atoms with Crippen LogP contribution < -0.4 is 5.32 Å². The molecular formula is C14H29NO3. The summed E-state index contributed by atoms with van der Waals surface area (Å²) in [6.07, 6.45) is 1.26. The summed E-state index contributed by atoms with van der Waals surface area (Å²) in [6, 6.07) is 0.340. The van der Waals surface area contributed by atoms with Gasteiger partial charge < -0.3 is 20.3 Å². The van der Waals surface area contributed by atoms with Crippen molar-refractivity contribution in [1.82, 2.24) is 5.32 Å². The Morgan fingerprint density at radius 3 is 2.50 bits per heavy atom. The standard InChI is InChI=1S/C14H29NO3/c1-10(2)7-18-12-6-11(13(12,3)4)15-8-14(5,17)9-16/h10-12,15-17H,6-9H2,1-5H3. The van der Waals surface area contributed by atoms with Gasteiger partial charge in [0.1, 0.15) is 0 Å². The van der Waals surface area contributed by atoms with Crippen LogP contribution in [0.4, 0.5) is 0 Å². The van der Waals surface area contributed by atoms with Crippen LogP contribution in [0, 0.1) is 11.3 Å². The summed E-state index contributed by atoms with van der Waals surface area (Å²) < 4.78 is 5.89. The molecule has 4 heteroatoms. The summed E-state index contributed by atoms with van der Waals surface area (Å²) in [6.45, 7) is 11.3. The monoisotopic (exact) mass is 259 g/mol. The van der Waals surface area contributed by atoms with E-state index >= 15 is 0 Å². The van der Waals surface area contributed by atoms with E-state index in [1.165, 1.54) is 0 Å². The maximum atomic E-state index is 9.76. The van der Waals surface area contributed by atoms with E-state index in [0.29, 0.717) is 18.5 Å². The minimum absolute atomic E-state index is 0.0838. The van der Waals surface area contributed by atoms with Crippen molar-refractivity contribution in [2.45, 2.75) is 58.8 Å². The van der Waals surface area contributed by atoms with E-state index in [2.05, 4.69) is 33.0 Å². The minimum Gasteiger partial charge on any atom is -0.393 e. The molecule has 1 rings (SSSR count). The van der Waals surface area contributed by atoms with E-state index in [-0.39, 0.29) is 18.1 Å². The summed E-state index contributed by atoms with van der Waals surface area (Å²) in [7, 11) is 0. The average Bonchev–Trinajstić information content (AvgIpc) is 2.26. The molecule has 3 atom stereocenters. The zero-order valence-electron chi connectivity index (χ0n) is 12.4. The van der Waals surface area contributed by atoms with E-state index in [1.807, 2.05) is 0 Å². The molecule has 0 aromatic rings. The number of aliphatic hydroxyl groups is 2. The van der Waals surface area contributed by atoms with Crippen molar-refractivity contribution in [2.75, 3.05) is 19.8 Å². The quantitative estimate of drug-likeness (QED) is 0.642. The fourth-order valence-electron chi connectivity index (χ4n) is 2.22. The predicted octanol–water partition coefficient (Wildman–Crippen LogP) is 1.16. The molecule has 4 nitrogen and oxygen atoms in total. The Bertz CT molecular complexity index is 264. The SMILES string of the molecule is CC(C)COC1CC(NCC(C)(O)CO)C1(C)C. The van der Waals surface area contributed by atoms with Crippen molar-refractivity contribution >= 4 is 0 Å². The van der Waals surface area contributed by atoms with Crippen LogP contribution in [0.15, 0.2) is 0 Å². The van der Waals surface area contributed by atoms with E-state index in [0.717, 1.165) is 13.0 Å². The van der Waals surface area contributed by atoms with Gasteiger partial charge in [-0.2, -0.15) is 0 Å². The highest BCUT2D eigenvalue weighted by Crippen LogP contribution is 2.43. The third kappa shape index (κ3) is 3.92. The van der Waals surface area contributed by atoms with Crippen LogP contribution in [0.3, 0.4) is 0 Å². The maximum Gasteiger partial charge on any atom is 0.0972 e. The molecule has 0 amide bonds. The van der Waals surface area contributed by atoms with Crippen molar-refractivity contribution in [1.29, 1.82) is 0 Å². The lowest BCUT2D eigenvalue weighted by Gasteiger charge is -2.52. The molecule has 3 unspecified atom stereocenters. The largest absolute Gasteiger partial charge is 0.393 e. The van der Waals surface area contributed by atoms with Gasteiger partial charge in [0.2, 0.25) is 0 Å². The summed E-state index contributed by atoms with van der Waals surface area (Å²) in [4.78, 5) is 0. The molecule has 0 heterocycles. The Kier molecular flexibility index (Phi) is 5.18. The summed E-state index contributed by atoms with van der Waals surface area (Å²) >= 11 is 0. The lowest BCUT2D eigenvalue weighted by atomic mass is 9.64.